The molecule has 13 heavy (non-hydrogen) atoms. The van der Waals surface area contributed by atoms with Crippen molar-refractivity contribution in [2.45, 2.75) is 12.5 Å². The quantitative estimate of drug-likeness (QED) is 0.707. The van der Waals surface area contributed by atoms with Gasteiger partial charge in [0.1, 0.15) is 5.82 Å². The fraction of sp³-hybridized carbons (Fsp3) is 0.300. The average Bonchev–Trinajstić information content (AvgIpc) is 2.05. The molecule has 66 valence electrons. The van der Waals surface area contributed by atoms with E-state index in [9.17, 15) is 4.39 Å². The van der Waals surface area contributed by atoms with Gasteiger partial charge in [-0.2, -0.15) is 5.26 Å². The number of nitrogens with zero attached hydrogens (tertiary/aromatic N) is 1. The minimum absolute atomic E-state index is 0.246. The summed E-state index contributed by atoms with van der Waals surface area (Å²) in [4.78, 5) is 0. The molecule has 1 atom stereocenters. The van der Waals surface area contributed by atoms with E-state index in [0.717, 1.165) is 18.5 Å². The van der Waals surface area contributed by atoms with Crippen LogP contribution in [-0.2, 0) is 0 Å². The van der Waals surface area contributed by atoms with Crippen LogP contribution in [0.25, 0.3) is 0 Å². The summed E-state index contributed by atoms with van der Waals surface area (Å²) in [6.45, 7) is 0.979. The van der Waals surface area contributed by atoms with Crippen LogP contribution in [0, 0.1) is 17.1 Å². The lowest BCUT2D eigenvalue weighted by atomic mass is 9.94. The number of benzene rings is 1. The molecule has 1 aliphatic rings. The molecule has 1 saturated heterocycles. The summed E-state index contributed by atoms with van der Waals surface area (Å²) in [5.41, 5.74) is 1.35. The van der Waals surface area contributed by atoms with Crippen molar-refractivity contribution in [3.63, 3.8) is 0 Å². The van der Waals surface area contributed by atoms with Gasteiger partial charge in [0.25, 0.3) is 0 Å². The third-order valence-corrected chi connectivity index (χ3v) is 2.33. The first-order chi connectivity index (χ1) is 6.31. The Morgan fingerprint density at radius 3 is 2.85 bits per heavy atom. The molecule has 2 nitrogen and oxygen atoms in total. The predicted molar refractivity (Wildman–Crippen MR) is 46.5 cm³/mol. The lowest BCUT2D eigenvalue weighted by molar-refractivity contribution is 0.382. The van der Waals surface area contributed by atoms with Crippen molar-refractivity contribution in [1.82, 2.24) is 5.32 Å². The molecular formula is C10H9FN2. The van der Waals surface area contributed by atoms with Crippen molar-refractivity contribution in [2.24, 2.45) is 0 Å². The average molecular weight is 176 g/mol. The third-order valence-electron chi connectivity index (χ3n) is 2.33. The largest absolute Gasteiger partial charge is 0.310 e. The van der Waals surface area contributed by atoms with Gasteiger partial charge < -0.3 is 5.32 Å². The summed E-state index contributed by atoms with van der Waals surface area (Å²) in [5.74, 6) is -0.348. The molecule has 0 bridgehead atoms. The summed E-state index contributed by atoms with van der Waals surface area (Å²) in [7, 11) is 0. The summed E-state index contributed by atoms with van der Waals surface area (Å²) in [6, 6.07) is 6.62. The molecule has 1 aromatic rings. The van der Waals surface area contributed by atoms with Gasteiger partial charge in [-0.3, -0.25) is 0 Å². The van der Waals surface area contributed by atoms with E-state index < -0.39 is 0 Å². The van der Waals surface area contributed by atoms with Crippen LogP contribution >= 0.6 is 0 Å². The van der Waals surface area contributed by atoms with Crippen LogP contribution in [0.3, 0.4) is 0 Å². The molecule has 1 fully saturated rings. The Hall–Kier alpha value is -1.40. The number of nitrogens with one attached hydrogen (secondary N) is 1. The van der Waals surface area contributed by atoms with Crippen LogP contribution in [0.15, 0.2) is 18.2 Å². The van der Waals surface area contributed by atoms with E-state index in [2.05, 4.69) is 5.32 Å². The highest BCUT2D eigenvalue weighted by Gasteiger charge is 2.21. The van der Waals surface area contributed by atoms with Crippen molar-refractivity contribution < 1.29 is 4.39 Å². The number of nitriles is 1. The van der Waals surface area contributed by atoms with Gasteiger partial charge in [-0.15, -0.1) is 0 Å². The molecule has 1 N–H and O–H groups in total. The Morgan fingerprint density at radius 1 is 1.54 bits per heavy atom. The number of hydrogen-bond acceptors (Lipinski definition) is 2. The minimum Gasteiger partial charge on any atom is -0.310 e. The number of hydrogen-bond donors (Lipinski definition) is 1. The van der Waals surface area contributed by atoms with Crippen LogP contribution in [0.2, 0.25) is 0 Å². The molecular weight excluding hydrogens is 167 g/mol. The van der Waals surface area contributed by atoms with E-state index in [-0.39, 0.29) is 11.9 Å². The topological polar surface area (TPSA) is 35.8 Å². The van der Waals surface area contributed by atoms with Crippen molar-refractivity contribution in [3.8, 4) is 6.07 Å². The van der Waals surface area contributed by atoms with Crippen molar-refractivity contribution in [2.75, 3.05) is 6.54 Å². The van der Waals surface area contributed by atoms with Gasteiger partial charge in [-0.05, 0) is 30.7 Å². The van der Waals surface area contributed by atoms with Crippen molar-refractivity contribution >= 4 is 0 Å². The summed E-state index contributed by atoms with van der Waals surface area (Å²) >= 11 is 0. The van der Waals surface area contributed by atoms with Crippen LogP contribution in [0.1, 0.15) is 23.6 Å². The zero-order valence-corrected chi connectivity index (χ0v) is 7.05. The standard InChI is InChI=1S/C10H9FN2/c11-8-1-2-9(7(5-8)6-12)10-3-4-13-10/h1-2,5,10,13H,3-4H2/t10-/m0/s1. The third kappa shape index (κ3) is 1.41. The van der Waals surface area contributed by atoms with Gasteiger partial charge in [-0.25, -0.2) is 4.39 Å². The van der Waals surface area contributed by atoms with E-state index in [1.807, 2.05) is 6.07 Å². The van der Waals surface area contributed by atoms with Crippen LogP contribution in [0.4, 0.5) is 4.39 Å². The fourth-order valence-corrected chi connectivity index (χ4v) is 1.48. The zero-order chi connectivity index (χ0) is 9.26. The van der Waals surface area contributed by atoms with Crippen molar-refractivity contribution in [3.05, 3.63) is 35.1 Å². The molecule has 3 heteroatoms. The Labute approximate surface area is 76.0 Å². The molecule has 0 radical (unpaired) electrons. The maximum atomic E-state index is 12.7. The van der Waals surface area contributed by atoms with Crippen LogP contribution < -0.4 is 5.32 Å². The lowest BCUT2D eigenvalue weighted by Gasteiger charge is -2.28. The first-order valence-corrected chi connectivity index (χ1v) is 4.24. The molecule has 0 amide bonds. The highest BCUT2D eigenvalue weighted by Crippen LogP contribution is 2.25. The van der Waals surface area contributed by atoms with Gasteiger partial charge in [0.15, 0.2) is 0 Å². The monoisotopic (exact) mass is 176 g/mol. The van der Waals surface area contributed by atoms with E-state index >= 15 is 0 Å². The van der Waals surface area contributed by atoms with Gasteiger partial charge in [0.05, 0.1) is 11.6 Å². The molecule has 1 aromatic carbocycles. The van der Waals surface area contributed by atoms with Gasteiger partial charge in [-0.1, -0.05) is 6.07 Å². The normalized spacial score (nSPS) is 20.5. The number of halogens is 1. The second-order valence-corrected chi connectivity index (χ2v) is 3.14. The maximum Gasteiger partial charge on any atom is 0.124 e. The molecule has 0 unspecified atom stereocenters. The molecule has 0 saturated carbocycles. The van der Waals surface area contributed by atoms with Crippen LogP contribution in [-0.4, -0.2) is 6.54 Å². The minimum atomic E-state index is -0.348. The van der Waals surface area contributed by atoms with E-state index in [1.165, 1.54) is 12.1 Å². The van der Waals surface area contributed by atoms with E-state index in [1.54, 1.807) is 6.07 Å². The molecule has 0 spiro atoms. The fourth-order valence-electron chi connectivity index (χ4n) is 1.48. The van der Waals surface area contributed by atoms with Crippen molar-refractivity contribution in [1.29, 1.82) is 5.26 Å². The molecule has 1 aliphatic heterocycles. The second kappa shape index (κ2) is 3.15. The number of rotatable bonds is 1. The SMILES string of the molecule is N#Cc1cc(F)ccc1[C@@H]1CCN1. The Kier molecular flexibility index (Phi) is 1.99. The molecule has 0 aliphatic carbocycles. The molecule has 1 heterocycles. The Bertz CT molecular complexity index is 364. The predicted octanol–water partition coefficient (Wildman–Crippen LogP) is 1.73. The highest BCUT2D eigenvalue weighted by atomic mass is 19.1. The van der Waals surface area contributed by atoms with E-state index in [4.69, 9.17) is 5.26 Å². The zero-order valence-electron chi connectivity index (χ0n) is 7.05. The second-order valence-electron chi connectivity index (χ2n) is 3.14. The maximum absolute atomic E-state index is 12.7. The summed E-state index contributed by atoms with van der Waals surface area (Å²) < 4.78 is 12.7. The van der Waals surface area contributed by atoms with E-state index in [0.29, 0.717) is 5.56 Å². The van der Waals surface area contributed by atoms with Crippen LogP contribution in [0.5, 0.6) is 0 Å². The molecule has 2 rings (SSSR count). The summed E-state index contributed by atoms with van der Waals surface area (Å²) in [6.07, 6.45) is 1.03. The lowest BCUT2D eigenvalue weighted by Crippen LogP contribution is -2.35. The summed E-state index contributed by atoms with van der Waals surface area (Å²) in [5, 5.41) is 11.9. The van der Waals surface area contributed by atoms with Gasteiger partial charge in [0, 0.05) is 6.04 Å². The smallest absolute Gasteiger partial charge is 0.124 e. The Morgan fingerprint density at radius 2 is 2.31 bits per heavy atom. The first kappa shape index (κ1) is 8.21. The van der Waals surface area contributed by atoms with Gasteiger partial charge in [0.2, 0.25) is 0 Å². The highest BCUT2D eigenvalue weighted by molar-refractivity contribution is 5.40. The Balaban J connectivity index is 2.39. The van der Waals surface area contributed by atoms with Gasteiger partial charge >= 0.3 is 0 Å². The molecule has 0 aromatic heterocycles. The first-order valence-electron chi connectivity index (χ1n) is 4.24.